The first kappa shape index (κ1) is 9.51. The molecule has 0 amide bonds. The van der Waals surface area contributed by atoms with Gasteiger partial charge in [-0.2, -0.15) is 0 Å². The quantitative estimate of drug-likeness (QED) is 0.544. The average Bonchev–Trinajstić information content (AvgIpc) is 2.60. The SMILES string of the molecule is COc1cn(Cc2ccccc2)n[n+]1[O-]. The second kappa shape index (κ2) is 4.00. The highest BCUT2D eigenvalue weighted by atomic mass is 16.6. The summed E-state index contributed by atoms with van der Waals surface area (Å²) in [6, 6.07) is 9.79. The Balaban J connectivity index is 2.18. The molecule has 2 aromatic rings. The van der Waals surface area contributed by atoms with Crippen molar-refractivity contribution in [2.24, 2.45) is 0 Å². The van der Waals surface area contributed by atoms with E-state index in [1.807, 2.05) is 30.3 Å². The van der Waals surface area contributed by atoms with Crippen LogP contribution in [-0.4, -0.2) is 17.0 Å². The van der Waals surface area contributed by atoms with E-state index in [0.717, 1.165) is 5.56 Å². The monoisotopic (exact) mass is 205 g/mol. The fraction of sp³-hybridized carbons (Fsp3) is 0.200. The van der Waals surface area contributed by atoms with Crippen molar-refractivity contribution in [3.8, 4) is 5.88 Å². The second-order valence-corrected chi connectivity index (χ2v) is 3.12. The number of aromatic nitrogens is 3. The van der Waals surface area contributed by atoms with Crippen LogP contribution in [0, 0.1) is 5.21 Å². The normalized spacial score (nSPS) is 10.2. The van der Waals surface area contributed by atoms with Crippen molar-refractivity contribution >= 4 is 0 Å². The third kappa shape index (κ3) is 2.07. The average molecular weight is 205 g/mol. The summed E-state index contributed by atoms with van der Waals surface area (Å²) in [4.78, 5) is 0.461. The molecule has 0 unspecified atom stereocenters. The van der Waals surface area contributed by atoms with E-state index < -0.39 is 0 Å². The first-order valence-corrected chi connectivity index (χ1v) is 4.55. The smallest absolute Gasteiger partial charge is 0.351 e. The van der Waals surface area contributed by atoms with Gasteiger partial charge in [0.15, 0.2) is 0 Å². The van der Waals surface area contributed by atoms with Crippen LogP contribution in [0.15, 0.2) is 36.5 Å². The molecule has 0 radical (unpaired) electrons. The van der Waals surface area contributed by atoms with Crippen molar-refractivity contribution in [1.29, 1.82) is 0 Å². The van der Waals surface area contributed by atoms with Gasteiger partial charge >= 0.3 is 5.88 Å². The number of ether oxygens (including phenoxy) is 1. The summed E-state index contributed by atoms with van der Waals surface area (Å²) in [6.07, 6.45) is 1.57. The first-order chi connectivity index (χ1) is 7.29. The van der Waals surface area contributed by atoms with Gasteiger partial charge in [-0.1, -0.05) is 35.2 Å². The Morgan fingerprint density at radius 1 is 1.40 bits per heavy atom. The molecule has 1 aromatic heterocycles. The largest absolute Gasteiger partial charge is 0.688 e. The Morgan fingerprint density at radius 3 is 2.73 bits per heavy atom. The van der Waals surface area contributed by atoms with Crippen molar-refractivity contribution in [2.45, 2.75) is 6.54 Å². The van der Waals surface area contributed by atoms with E-state index in [9.17, 15) is 5.21 Å². The van der Waals surface area contributed by atoms with Crippen molar-refractivity contribution in [3.05, 3.63) is 47.3 Å². The van der Waals surface area contributed by atoms with E-state index in [2.05, 4.69) is 5.21 Å². The lowest BCUT2D eigenvalue weighted by Gasteiger charge is -1.94. The highest BCUT2D eigenvalue weighted by Gasteiger charge is 2.10. The molecule has 5 nitrogen and oxygen atoms in total. The van der Waals surface area contributed by atoms with Crippen molar-refractivity contribution < 1.29 is 9.58 Å². The summed E-state index contributed by atoms with van der Waals surface area (Å²) in [6.45, 7) is 0.562. The van der Waals surface area contributed by atoms with Crippen LogP contribution in [0.1, 0.15) is 5.56 Å². The molecule has 0 aliphatic carbocycles. The molecule has 5 heteroatoms. The van der Waals surface area contributed by atoms with Crippen LogP contribution in [0.3, 0.4) is 0 Å². The molecule has 0 fully saturated rings. The van der Waals surface area contributed by atoms with Gasteiger partial charge in [0.1, 0.15) is 6.54 Å². The summed E-state index contributed by atoms with van der Waals surface area (Å²) in [5.41, 5.74) is 1.09. The highest BCUT2D eigenvalue weighted by molar-refractivity contribution is 5.14. The van der Waals surface area contributed by atoms with E-state index in [4.69, 9.17) is 4.74 Å². The molecule has 2 rings (SSSR count). The minimum absolute atomic E-state index is 0.200. The van der Waals surface area contributed by atoms with Crippen LogP contribution in [0.4, 0.5) is 0 Å². The maximum atomic E-state index is 11.1. The highest BCUT2D eigenvalue weighted by Crippen LogP contribution is 2.04. The molecule has 1 heterocycles. The first-order valence-electron chi connectivity index (χ1n) is 4.55. The minimum atomic E-state index is 0.200. The van der Waals surface area contributed by atoms with Crippen molar-refractivity contribution in [1.82, 2.24) is 9.90 Å². The van der Waals surface area contributed by atoms with E-state index in [0.29, 0.717) is 11.4 Å². The standard InChI is InChI=1S/C10H11N3O2/c1-15-10-8-12(11-13(10)14)7-9-5-3-2-4-6-9/h2-6,8H,7H2,1H3. The fourth-order valence-electron chi connectivity index (χ4n) is 1.33. The lowest BCUT2D eigenvalue weighted by atomic mass is 10.2. The summed E-state index contributed by atoms with van der Waals surface area (Å²) in [5, 5.41) is 14.9. The predicted molar refractivity (Wildman–Crippen MR) is 53.3 cm³/mol. The predicted octanol–water partition coefficient (Wildman–Crippen LogP) is 0.573. The summed E-state index contributed by atoms with van der Waals surface area (Å²) in [5.74, 6) is 0.200. The van der Waals surface area contributed by atoms with Crippen LogP contribution in [0.25, 0.3) is 0 Å². The Bertz CT molecular complexity index is 439. The number of hydrogen-bond donors (Lipinski definition) is 0. The third-order valence-corrected chi connectivity index (χ3v) is 2.04. The van der Waals surface area contributed by atoms with Crippen molar-refractivity contribution in [3.63, 3.8) is 0 Å². The number of rotatable bonds is 3. The van der Waals surface area contributed by atoms with Gasteiger partial charge in [0.25, 0.3) is 0 Å². The summed E-state index contributed by atoms with van der Waals surface area (Å²) in [7, 11) is 1.44. The maximum absolute atomic E-state index is 11.1. The van der Waals surface area contributed by atoms with Crippen LogP contribution >= 0.6 is 0 Å². The molecule has 0 saturated heterocycles. The van der Waals surface area contributed by atoms with E-state index in [-0.39, 0.29) is 5.88 Å². The van der Waals surface area contributed by atoms with Crippen LogP contribution in [0.2, 0.25) is 0 Å². The molecule has 0 spiro atoms. The second-order valence-electron chi connectivity index (χ2n) is 3.12. The van der Waals surface area contributed by atoms with Crippen LogP contribution in [-0.2, 0) is 6.54 Å². The molecule has 0 aliphatic rings. The van der Waals surface area contributed by atoms with Gasteiger partial charge in [-0.25, -0.2) is 0 Å². The Labute approximate surface area is 87.1 Å². The Kier molecular flexibility index (Phi) is 2.53. The zero-order valence-electron chi connectivity index (χ0n) is 8.33. The van der Waals surface area contributed by atoms with Gasteiger partial charge < -0.3 is 9.94 Å². The summed E-state index contributed by atoms with van der Waals surface area (Å²) >= 11 is 0. The van der Waals surface area contributed by atoms with Crippen molar-refractivity contribution in [2.75, 3.05) is 7.11 Å². The van der Waals surface area contributed by atoms with Gasteiger partial charge in [-0.05, 0) is 5.56 Å². The van der Waals surface area contributed by atoms with E-state index >= 15 is 0 Å². The fourth-order valence-corrected chi connectivity index (χ4v) is 1.33. The van der Waals surface area contributed by atoms with Gasteiger partial charge in [-0.15, -0.1) is 4.68 Å². The molecule has 0 atom stereocenters. The topological polar surface area (TPSA) is 54.0 Å². The molecule has 0 aliphatic heterocycles. The molecular formula is C10H11N3O2. The molecule has 1 aromatic carbocycles. The zero-order chi connectivity index (χ0) is 10.7. The minimum Gasteiger partial charge on any atom is -0.688 e. The lowest BCUT2D eigenvalue weighted by Crippen LogP contribution is -2.30. The van der Waals surface area contributed by atoms with Gasteiger partial charge in [0.05, 0.1) is 12.3 Å². The summed E-state index contributed by atoms with van der Waals surface area (Å²) < 4.78 is 6.37. The molecule has 15 heavy (non-hydrogen) atoms. The number of hydrogen-bond acceptors (Lipinski definition) is 3. The van der Waals surface area contributed by atoms with Gasteiger partial charge in [0.2, 0.25) is 6.20 Å². The Hall–Kier alpha value is -2.04. The number of benzene rings is 1. The molecule has 0 N–H and O–H groups in total. The third-order valence-electron chi connectivity index (χ3n) is 2.04. The van der Waals surface area contributed by atoms with Crippen LogP contribution in [0.5, 0.6) is 5.88 Å². The van der Waals surface area contributed by atoms with E-state index in [1.54, 1.807) is 10.9 Å². The van der Waals surface area contributed by atoms with E-state index in [1.165, 1.54) is 7.11 Å². The van der Waals surface area contributed by atoms with Crippen LogP contribution < -0.4 is 9.58 Å². The molecule has 0 saturated carbocycles. The van der Waals surface area contributed by atoms with Gasteiger partial charge in [-0.3, -0.25) is 0 Å². The Morgan fingerprint density at radius 2 is 2.13 bits per heavy atom. The maximum Gasteiger partial charge on any atom is 0.351 e. The van der Waals surface area contributed by atoms with Gasteiger partial charge in [0, 0.05) is 0 Å². The molecule has 78 valence electrons. The molecule has 0 bridgehead atoms. The number of methoxy groups -OCH3 is 1. The lowest BCUT2D eigenvalue weighted by molar-refractivity contribution is -0.675. The molecular weight excluding hydrogens is 194 g/mol. The zero-order valence-corrected chi connectivity index (χ0v) is 8.33. The number of nitrogens with zero attached hydrogens (tertiary/aromatic N) is 3.